The second kappa shape index (κ2) is 11.3. The summed E-state index contributed by atoms with van der Waals surface area (Å²) in [5, 5.41) is 3.91. The summed E-state index contributed by atoms with van der Waals surface area (Å²) < 4.78 is 33.6. The minimum atomic E-state index is -0.476. The van der Waals surface area contributed by atoms with E-state index in [0.717, 1.165) is 77.9 Å². The Balaban J connectivity index is 1.47. The number of aromatic nitrogens is 1. The maximum Gasteiger partial charge on any atom is 0.411 e. The Morgan fingerprint density at radius 2 is 1.65 bits per heavy atom. The van der Waals surface area contributed by atoms with Crippen molar-refractivity contribution in [3.05, 3.63) is 72.5 Å². The summed E-state index contributed by atoms with van der Waals surface area (Å²) in [6.45, 7) is 5.09. The normalized spacial score (nSPS) is 16.2. The number of hydrogen-bond acceptors (Lipinski definition) is 4. The topological polar surface area (TPSA) is 61.7 Å². The van der Waals surface area contributed by atoms with Crippen LogP contribution in [0, 0.1) is 5.82 Å². The first-order chi connectivity index (χ1) is 19.5. The monoisotopic (exact) mass is 542 g/mol. The van der Waals surface area contributed by atoms with Crippen LogP contribution in [0.4, 0.5) is 14.9 Å². The number of nitrogens with one attached hydrogen (secondary N) is 1. The molecule has 1 amide bonds. The van der Waals surface area contributed by atoms with E-state index in [0.29, 0.717) is 11.7 Å². The predicted molar refractivity (Wildman–Crippen MR) is 155 cm³/mol. The predicted octanol–water partition coefficient (Wildman–Crippen LogP) is 8.35. The second-order valence-corrected chi connectivity index (χ2v) is 11.0. The molecule has 0 atom stereocenters. The zero-order chi connectivity index (χ0) is 27.6. The van der Waals surface area contributed by atoms with Crippen LogP contribution >= 0.6 is 0 Å². The van der Waals surface area contributed by atoms with Gasteiger partial charge in [0.2, 0.25) is 0 Å². The van der Waals surface area contributed by atoms with Crippen molar-refractivity contribution in [2.75, 3.05) is 18.5 Å². The van der Waals surface area contributed by atoms with Crippen LogP contribution in [0.3, 0.4) is 0 Å². The van der Waals surface area contributed by atoms with Crippen LogP contribution in [0.5, 0.6) is 5.75 Å². The average Bonchev–Trinajstić information content (AvgIpc) is 3.23. The summed E-state index contributed by atoms with van der Waals surface area (Å²) in [6, 6.07) is 21.3. The molecule has 2 fully saturated rings. The molecule has 0 radical (unpaired) electrons. The quantitative estimate of drug-likeness (QED) is 0.255. The maximum absolute atomic E-state index is 14.0. The maximum atomic E-state index is 14.0. The van der Waals surface area contributed by atoms with Gasteiger partial charge in [0.1, 0.15) is 17.7 Å². The average molecular weight is 543 g/mol. The number of anilines is 1. The van der Waals surface area contributed by atoms with Gasteiger partial charge in [-0.05, 0) is 80.6 Å². The lowest BCUT2D eigenvalue weighted by molar-refractivity contribution is 0.0256. The van der Waals surface area contributed by atoms with E-state index < -0.39 is 6.09 Å². The molecule has 1 aliphatic carbocycles. The molecule has 6 rings (SSSR count). The molecule has 1 saturated heterocycles. The standard InChI is InChI=1S/C33H35FN2O4/c1-21(2)39-33(37)35-25-12-8-23(9-13-25)32-31(22-6-10-24(34)11-7-22)29-15-14-28(40-27-16-18-38-19-17-27)20-30(29)36(32)26-4-3-5-26/h6-15,20-21,26-27H,3-5,16-19H2,1-2H3,(H,35,37). The SMILES string of the molecule is CC(C)OC(=O)Nc1ccc(-c2c(-c3ccc(F)cc3)c3ccc(OC4CCOCC4)cc3n2C2CCC2)cc1. The van der Waals surface area contributed by atoms with Gasteiger partial charge in [0.15, 0.2) is 0 Å². The van der Waals surface area contributed by atoms with Gasteiger partial charge in [0.25, 0.3) is 0 Å². The summed E-state index contributed by atoms with van der Waals surface area (Å²) in [5.41, 5.74) is 5.92. The fraction of sp³-hybridized carbons (Fsp3) is 0.364. The van der Waals surface area contributed by atoms with Crippen LogP contribution in [-0.4, -0.2) is 36.1 Å². The van der Waals surface area contributed by atoms with E-state index in [1.54, 1.807) is 0 Å². The summed E-state index contributed by atoms with van der Waals surface area (Å²) in [5.74, 6) is 0.599. The van der Waals surface area contributed by atoms with Gasteiger partial charge in [-0.3, -0.25) is 5.32 Å². The lowest BCUT2D eigenvalue weighted by Gasteiger charge is -2.30. The van der Waals surface area contributed by atoms with Crippen LogP contribution in [0.25, 0.3) is 33.3 Å². The molecule has 6 nitrogen and oxygen atoms in total. The molecule has 208 valence electrons. The zero-order valence-electron chi connectivity index (χ0n) is 23.0. The lowest BCUT2D eigenvalue weighted by Crippen LogP contribution is -2.25. The van der Waals surface area contributed by atoms with Gasteiger partial charge in [-0.25, -0.2) is 9.18 Å². The van der Waals surface area contributed by atoms with E-state index in [4.69, 9.17) is 14.2 Å². The molecule has 0 unspecified atom stereocenters. The van der Waals surface area contributed by atoms with E-state index >= 15 is 0 Å². The van der Waals surface area contributed by atoms with Crippen LogP contribution < -0.4 is 10.1 Å². The van der Waals surface area contributed by atoms with Gasteiger partial charge >= 0.3 is 6.09 Å². The summed E-state index contributed by atoms with van der Waals surface area (Å²) in [7, 11) is 0. The Kier molecular flexibility index (Phi) is 7.48. The van der Waals surface area contributed by atoms with Gasteiger partial charge in [0.05, 0.1) is 30.5 Å². The number of carbonyl (C=O) groups is 1. The van der Waals surface area contributed by atoms with Crippen LogP contribution in [0.2, 0.25) is 0 Å². The number of ether oxygens (including phenoxy) is 3. The third-order valence-corrected chi connectivity index (χ3v) is 7.77. The van der Waals surface area contributed by atoms with Crippen molar-refractivity contribution in [3.8, 4) is 28.1 Å². The molecular formula is C33H35FN2O4. The molecule has 4 aromatic rings. The van der Waals surface area contributed by atoms with Crippen molar-refractivity contribution in [2.24, 2.45) is 0 Å². The highest BCUT2D eigenvalue weighted by Gasteiger charge is 2.29. The van der Waals surface area contributed by atoms with E-state index in [1.807, 2.05) is 56.3 Å². The van der Waals surface area contributed by atoms with Gasteiger partial charge in [-0.2, -0.15) is 0 Å². The molecule has 2 heterocycles. The van der Waals surface area contributed by atoms with E-state index in [1.165, 1.54) is 18.6 Å². The Morgan fingerprint density at radius 3 is 2.30 bits per heavy atom. The molecule has 3 aromatic carbocycles. The fourth-order valence-electron chi connectivity index (χ4n) is 5.64. The first-order valence-electron chi connectivity index (χ1n) is 14.2. The molecule has 1 saturated carbocycles. The molecule has 0 spiro atoms. The Bertz CT molecular complexity index is 1480. The number of nitrogens with zero attached hydrogens (tertiary/aromatic N) is 1. The number of carbonyl (C=O) groups excluding carboxylic acids is 1. The molecule has 0 bridgehead atoms. The number of fused-ring (bicyclic) bond motifs is 1. The van der Waals surface area contributed by atoms with E-state index in [2.05, 4.69) is 22.0 Å². The highest BCUT2D eigenvalue weighted by Crippen LogP contribution is 2.47. The van der Waals surface area contributed by atoms with Crippen LogP contribution in [0.1, 0.15) is 52.0 Å². The Labute approximate surface area is 234 Å². The zero-order valence-corrected chi connectivity index (χ0v) is 23.0. The highest BCUT2D eigenvalue weighted by molar-refractivity contribution is 6.05. The number of rotatable bonds is 7. The lowest BCUT2D eigenvalue weighted by atomic mass is 9.91. The minimum Gasteiger partial charge on any atom is -0.490 e. The van der Waals surface area contributed by atoms with Gasteiger partial charge in [0, 0.05) is 41.6 Å². The largest absolute Gasteiger partial charge is 0.490 e. The third-order valence-electron chi connectivity index (χ3n) is 7.77. The summed E-state index contributed by atoms with van der Waals surface area (Å²) >= 11 is 0. The van der Waals surface area contributed by atoms with Crippen molar-refractivity contribution >= 4 is 22.7 Å². The van der Waals surface area contributed by atoms with Gasteiger partial charge < -0.3 is 18.8 Å². The number of halogens is 1. The molecule has 40 heavy (non-hydrogen) atoms. The highest BCUT2D eigenvalue weighted by atomic mass is 19.1. The van der Waals surface area contributed by atoms with E-state index in [9.17, 15) is 9.18 Å². The second-order valence-electron chi connectivity index (χ2n) is 11.0. The molecule has 1 N–H and O–H groups in total. The smallest absolute Gasteiger partial charge is 0.411 e. The van der Waals surface area contributed by atoms with Crippen molar-refractivity contribution in [1.29, 1.82) is 0 Å². The summed E-state index contributed by atoms with van der Waals surface area (Å²) in [6.07, 6.45) is 4.65. The number of amides is 1. The van der Waals surface area contributed by atoms with Crippen molar-refractivity contribution in [1.82, 2.24) is 4.57 Å². The van der Waals surface area contributed by atoms with Crippen LogP contribution in [0.15, 0.2) is 66.7 Å². The molecular weight excluding hydrogens is 507 g/mol. The van der Waals surface area contributed by atoms with Crippen LogP contribution in [-0.2, 0) is 9.47 Å². The van der Waals surface area contributed by atoms with Crippen molar-refractivity contribution in [2.45, 2.75) is 64.2 Å². The minimum absolute atomic E-state index is 0.150. The Hall–Kier alpha value is -3.84. The van der Waals surface area contributed by atoms with Gasteiger partial charge in [-0.1, -0.05) is 24.3 Å². The van der Waals surface area contributed by atoms with Crippen molar-refractivity contribution in [3.63, 3.8) is 0 Å². The molecule has 7 heteroatoms. The first kappa shape index (κ1) is 26.4. The molecule has 1 aromatic heterocycles. The fourth-order valence-corrected chi connectivity index (χ4v) is 5.64. The van der Waals surface area contributed by atoms with Gasteiger partial charge in [-0.15, -0.1) is 0 Å². The van der Waals surface area contributed by atoms with E-state index in [-0.39, 0.29) is 18.0 Å². The third kappa shape index (κ3) is 5.43. The Morgan fingerprint density at radius 1 is 0.950 bits per heavy atom. The number of hydrogen-bond donors (Lipinski definition) is 1. The first-order valence-corrected chi connectivity index (χ1v) is 14.2. The molecule has 1 aliphatic heterocycles. The van der Waals surface area contributed by atoms with Crippen molar-refractivity contribution < 1.29 is 23.4 Å². The molecule has 2 aliphatic rings. The summed E-state index contributed by atoms with van der Waals surface area (Å²) in [4.78, 5) is 12.1. The number of benzene rings is 3.